The van der Waals surface area contributed by atoms with Crippen molar-refractivity contribution in [2.45, 2.75) is 19.1 Å². The second-order valence-electron chi connectivity index (χ2n) is 6.29. The Bertz CT molecular complexity index is 951. The molecular weight excluding hydrogens is 492 g/mol. The predicted octanol–water partition coefficient (Wildman–Crippen LogP) is 4.78. The summed E-state index contributed by atoms with van der Waals surface area (Å²) >= 11 is 0. The number of benzene rings is 2. The first kappa shape index (κ1) is 22.9. The number of aromatic nitrogens is 1. The normalized spacial score (nSPS) is 11.8. The van der Waals surface area contributed by atoms with Crippen molar-refractivity contribution in [1.82, 2.24) is 15.6 Å². The van der Waals surface area contributed by atoms with Gasteiger partial charge in [0.25, 0.3) is 0 Å². The van der Waals surface area contributed by atoms with Crippen LogP contribution in [0.5, 0.6) is 0 Å². The molecule has 0 aliphatic carbocycles. The van der Waals surface area contributed by atoms with Crippen LogP contribution in [0.25, 0.3) is 10.9 Å². The molecule has 3 rings (SSSR count). The molecule has 29 heavy (non-hydrogen) atoms. The average Bonchev–Trinajstić information content (AvgIpc) is 2.70. The van der Waals surface area contributed by atoms with Crippen molar-refractivity contribution in [2.75, 3.05) is 13.6 Å². The number of aliphatic imine (C=N–C) groups is 1. The maximum atomic E-state index is 12.6. The van der Waals surface area contributed by atoms with Gasteiger partial charge in [0.1, 0.15) is 0 Å². The summed E-state index contributed by atoms with van der Waals surface area (Å²) in [6, 6.07) is 15.1. The fourth-order valence-corrected chi connectivity index (χ4v) is 2.90. The van der Waals surface area contributed by atoms with Crippen LogP contribution in [0.2, 0.25) is 0 Å². The van der Waals surface area contributed by atoms with Crippen LogP contribution in [0.1, 0.15) is 16.7 Å². The van der Waals surface area contributed by atoms with Crippen LogP contribution in [0.3, 0.4) is 0 Å². The molecule has 0 atom stereocenters. The van der Waals surface area contributed by atoms with Crippen LogP contribution in [-0.4, -0.2) is 24.5 Å². The Morgan fingerprint density at radius 2 is 1.72 bits per heavy atom. The minimum absolute atomic E-state index is 0. The van der Waals surface area contributed by atoms with E-state index in [4.69, 9.17) is 0 Å². The lowest BCUT2D eigenvalue weighted by molar-refractivity contribution is -0.137. The summed E-state index contributed by atoms with van der Waals surface area (Å²) in [6.07, 6.45) is -1.76. The van der Waals surface area contributed by atoms with E-state index in [0.717, 1.165) is 40.6 Å². The maximum Gasteiger partial charge on any atom is 0.416 e. The Morgan fingerprint density at radius 1 is 1.00 bits per heavy atom. The van der Waals surface area contributed by atoms with E-state index < -0.39 is 11.7 Å². The molecule has 0 fully saturated rings. The molecule has 0 spiro atoms. The quantitative estimate of drug-likeness (QED) is 0.293. The third-order valence-corrected chi connectivity index (χ3v) is 4.37. The third kappa shape index (κ3) is 6.31. The van der Waals surface area contributed by atoms with E-state index in [1.54, 1.807) is 13.2 Å². The Labute approximate surface area is 184 Å². The molecule has 0 saturated heterocycles. The van der Waals surface area contributed by atoms with Crippen molar-refractivity contribution >= 4 is 40.8 Å². The molecule has 3 aromatic rings. The summed E-state index contributed by atoms with van der Waals surface area (Å²) in [5.74, 6) is 0.591. The van der Waals surface area contributed by atoms with Crippen molar-refractivity contribution in [2.24, 2.45) is 4.99 Å². The van der Waals surface area contributed by atoms with Crippen molar-refractivity contribution in [3.63, 3.8) is 0 Å². The lowest BCUT2D eigenvalue weighted by Crippen LogP contribution is -2.37. The van der Waals surface area contributed by atoms with Gasteiger partial charge >= 0.3 is 6.18 Å². The SMILES string of the molecule is CN=C(NCCc1cccc2cccnc12)NCc1ccc(C(F)(F)F)cc1.I. The van der Waals surface area contributed by atoms with Crippen molar-refractivity contribution in [1.29, 1.82) is 0 Å². The summed E-state index contributed by atoms with van der Waals surface area (Å²) in [4.78, 5) is 8.60. The molecule has 8 heteroatoms. The summed E-state index contributed by atoms with van der Waals surface area (Å²) in [6.45, 7) is 1.04. The molecule has 0 aliphatic rings. The second-order valence-corrected chi connectivity index (χ2v) is 6.29. The van der Waals surface area contributed by atoms with Gasteiger partial charge in [-0.05, 0) is 35.7 Å². The summed E-state index contributed by atoms with van der Waals surface area (Å²) in [5.41, 5.74) is 2.22. The number of guanidine groups is 1. The first-order valence-electron chi connectivity index (χ1n) is 8.90. The van der Waals surface area contributed by atoms with Crippen molar-refractivity contribution in [3.8, 4) is 0 Å². The topological polar surface area (TPSA) is 49.3 Å². The molecule has 2 N–H and O–H groups in total. The highest BCUT2D eigenvalue weighted by molar-refractivity contribution is 14.0. The minimum Gasteiger partial charge on any atom is -0.356 e. The third-order valence-electron chi connectivity index (χ3n) is 4.37. The summed E-state index contributed by atoms with van der Waals surface area (Å²) in [7, 11) is 1.65. The van der Waals surface area contributed by atoms with Gasteiger partial charge < -0.3 is 10.6 Å². The summed E-state index contributed by atoms with van der Waals surface area (Å²) in [5, 5.41) is 7.43. The van der Waals surface area contributed by atoms with E-state index in [9.17, 15) is 13.2 Å². The van der Waals surface area contributed by atoms with Crippen molar-refractivity contribution < 1.29 is 13.2 Å². The molecule has 1 aromatic heterocycles. The Hall–Kier alpha value is -2.36. The van der Waals surface area contributed by atoms with E-state index in [1.165, 1.54) is 12.1 Å². The van der Waals surface area contributed by atoms with Crippen LogP contribution in [-0.2, 0) is 19.1 Å². The number of hydrogen-bond acceptors (Lipinski definition) is 2. The number of pyridine rings is 1. The molecule has 2 aromatic carbocycles. The van der Waals surface area contributed by atoms with Gasteiger partial charge in [-0.1, -0.05) is 36.4 Å². The van der Waals surface area contributed by atoms with Crippen LogP contribution >= 0.6 is 24.0 Å². The Kier molecular flexibility index (Phi) is 8.24. The van der Waals surface area contributed by atoms with Gasteiger partial charge in [-0.15, -0.1) is 24.0 Å². The number of para-hydroxylation sites is 1. The zero-order chi connectivity index (χ0) is 20.0. The number of fused-ring (bicyclic) bond motifs is 1. The van der Waals surface area contributed by atoms with E-state index in [0.29, 0.717) is 19.0 Å². The van der Waals surface area contributed by atoms with E-state index in [2.05, 4.69) is 26.7 Å². The lowest BCUT2D eigenvalue weighted by atomic mass is 10.1. The first-order chi connectivity index (χ1) is 13.5. The first-order valence-corrected chi connectivity index (χ1v) is 8.90. The number of alkyl halides is 3. The molecule has 154 valence electrons. The number of rotatable bonds is 5. The van der Waals surface area contributed by atoms with E-state index in [1.807, 2.05) is 24.3 Å². The molecule has 0 amide bonds. The molecule has 0 bridgehead atoms. The van der Waals surface area contributed by atoms with Gasteiger partial charge in [0.15, 0.2) is 5.96 Å². The predicted molar refractivity (Wildman–Crippen MR) is 121 cm³/mol. The molecule has 4 nitrogen and oxygen atoms in total. The molecule has 0 aliphatic heterocycles. The zero-order valence-corrected chi connectivity index (χ0v) is 18.2. The van der Waals surface area contributed by atoms with E-state index in [-0.39, 0.29) is 24.0 Å². The van der Waals surface area contributed by atoms with Crippen LogP contribution in [0.4, 0.5) is 13.2 Å². The molecule has 0 unspecified atom stereocenters. The fourth-order valence-electron chi connectivity index (χ4n) is 2.90. The number of halogens is 4. The van der Waals surface area contributed by atoms with Crippen LogP contribution < -0.4 is 10.6 Å². The number of nitrogens with zero attached hydrogens (tertiary/aromatic N) is 2. The molecule has 0 saturated carbocycles. The highest BCUT2D eigenvalue weighted by atomic mass is 127. The Balaban J connectivity index is 0.00000300. The van der Waals surface area contributed by atoms with Crippen LogP contribution in [0, 0.1) is 0 Å². The fraction of sp³-hybridized carbons (Fsp3) is 0.238. The second kappa shape index (κ2) is 10.4. The lowest BCUT2D eigenvalue weighted by Gasteiger charge is -2.13. The average molecular weight is 514 g/mol. The monoisotopic (exact) mass is 514 g/mol. The minimum atomic E-state index is -4.32. The maximum absolute atomic E-state index is 12.6. The van der Waals surface area contributed by atoms with Gasteiger partial charge in [0, 0.05) is 31.7 Å². The van der Waals surface area contributed by atoms with Gasteiger partial charge in [0.2, 0.25) is 0 Å². The van der Waals surface area contributed by atoms with Gasteiger partial charge in [0.05, 0.1) is 11.1 Å². The molecule has 0 radical (unpaired) electrons. The number of nitrogens with one attached hydrogen (secondary N) is 2. The van der Waals surface area contributed by atoms with Gasteiger partial charge in [-0.25, -0.2) is 0 Å². The van der Waals surface area contributed by atoms with E-state index >= 15 is 0 Å². The summed E-state index contributed by atoms with van der Waals surface area (Å²) < 4.78 is 37.8. The highest BCUT2D eigenvalue weighted by Crippen LogP contribution is 2.29. The molecule has 1 heterocycles. The Morgan fingerprint density at radius 3 is 2.41 bits per heavy atom. The number of hydrogen-bond donors (Lipinski definition) is 2. The largest absolute Gasteiger partial charge is 0.416 e. The van der Waals surface area contributed by atoms with Crippen LogP contribution in [0.15, 0.2) is 65.8 Å². The smallest absolute Gasteiger partial charge is 0.356 e. The van der Waals surface area contributed by atoms with Crippen molar-refractivity contribution in [3.05, 3.63) is 77.5 Å². The highest BCUT2D eigenvalue weighted by Gasteiger charge is 2.29. The van der Waals surface area contributed by atoms with Gasteiger partial charge in [-0.2, -0.15) is 13.2 Å². The standard InChI is InChI=1S/C21H21F3N4.HI/c1-25-20(28-14-15-7-9-18(10-8-15)21(22,23)24)27-13-11-17-5-2-4-16-6-3-12-26-19(16)17;/h2-10,12H,11,13-14H2,1H3,(H2,25,27,28);1H. The molecular formula is C21H22F3IN4. The van der Waals surface area contributed by atoms with Gasteiger partial charge in [-0.3, -0.25) is 9.98 Å². The zero-order valence-electron chi connectivity index (χ0n) is 15.8.